The van der Waals surface area contributed by atoms with Gasteiger partial charge in [0.1, 0.15) is 30.1 Å². The van der Waals surface area contributed by atoms with Gasteiger partial charge in [0, 0.05) is 0 Å². The summed E-state index contributed by atoms with van der Waals surface area (Å²) in [4.78, 5) is 48.8. The summed E-state index contributed by atoms with van der Waals surface area (Å²) in [5.41, 5.74) is -3.58. The Labute approximate surface area is 266 Å². The molecule has 1 aliphatic heterocycles. The van der Waals surface area contributed by atoms with Crippen LogP contribution >= 0.6 is 7.67 Å². The van der Waals surface area contributed by atoms with Crippen molar-refractivity contribution in [2.24, 2.45) is 11.8 Å². The lowest BCUT2D eigenvalue weighted by atomic mass is 9.97. The minimum Gasteiger partial charge on any atom is -0.465 e. The number of rotatable bonds is 16. The van der Waals surface area contributed by atoms with Gasteiger partial charge in [-0.1, -0.05) is 33.6 Å². The summed E-state index contributed by atoms with van der Waals surface area (Å²) in [6, 6.07) is -2.25. The van der Waals surface area contributed by atoms with Crippen molar-refractivity contribution in [1.29, 1.82) is 0 Å². The molecular weight excluding hydrogens is 626 g/mol. The second kappa shape index (κ2) is 15.6. The maximum Gasteiger partial charge on any atom is 0.342 e. The fourth-order valence-electron chi connectivity index (χ4n) is 5.05. The van der Waals surface area contributed by atoms with E-state index in [9.17, 15) is 24.1 Å². The lowest BCUT2D eigenvalue weighted by Crippen LogP contribution is -2.46. The number of H-pyrrole nitrogens is 1. The number of aryl methyl sites for hydroxylation is 1. The second-order valence-corrected chi connectivity index (χ2v) is 13.7. The summed E-state index contributed by atoms with van der Waals surface area (Å²) in [7, 11) is -4.40. The second-order valence-electron chi connectivity index (χ2n) is 11.8. The molecule has 0 aliphatic carbocycles. The predicted octanol–water partition coefficient (Wildman–Crippen LogP) is 2.29. The highest BCUT2D eigenvalue weighted by molar-refractivity contribution is 7.54. The lowest BCUT2D eigenvalue weighted by Gasteiger charge is -2.30. The van der Waals surface area contributed by atoms with Crippen LogP contribution in [0.3, 0.4) is 0 Å². The van der Waals surface area contributed by atoms with Crippen molar-refractivity contribution in [3.63, 3.8) is 0 Å². The van der Waals surface area contributed by atoms with Crippen LogP contribution in [-0.4, -0.2) is 86.3 Å². The molecule has 3 heterocycles. The number of terminal acetylenes is 1. The number of hydrogen-bond donors (Lipinski definition) is 4. The number of halogens is 1. The molecule has 2 aromatic heterocycles. The lowest BCUT2D eigenvalue weighted by molar-refractivity contribution is -0.146. The summed E-state index contributed by atoms with van der Waals surface area (Å²) in [6.07, 6.45) is 1.80. The van der Waals surface area contributed by atoms with E-state index in [4.69, 9.17) is 25.2 Å². The number of imidazole rings is 1. The molecule has 0 amide bonds. The highest BCUT2D eigenvalue weighted by atomic mass is 31.2. The van der Waals surface area contributed by atoms with Crippen LogP contribution in [0.4, 0.5) is 4.39 Å². The fourth-order valence-corrected chi connectivity index (χ4v) is 6.87. The number of alkyl halides is 1. The number of fused-ring (bicyclic) bond motifs is 1. The third-order valence-corrected chi connectivity index (χ3v) is 8.91. The van der Waals surface area contributed by atoms with Gasteiger partial charge >= 0.3 is 19.6 Å². The van der Waals surface area contributed by atoms with E-state index >= 15 is 4.39 Å². The molecule has 256 valence electrons. The zero-order valence-corrected chi connectivity index (χ0v) is 28.0. The molecule has 4 N–H and O–H groups in total. The quantitative estimate of drug-likeness (QED) is 0.115. The Kier molecular flexibility index (Phi) is 12.6. The monoisotopic (exact) mass is 670 g/mol. The van der Waals surface area contributed by atoms with Gasteiger partial charge in [0.2, 0.25) is 5.67 Å². The third-order valence-electron chi connectivity index (χ3n) is 7.10. The van der Waals surface area contributed by atoms with Crippen LogP contribution in [0.5, 0.6) is 0 Å². The third kappa shape index (κ3) is 8.58. The molecule has 1 fully saturated rings. The Hall–Kier alpha value is -3.19. The topological polar surface area (TPSA) is 196 Å². The number of nitrogens with one attached hydrogen (secondary N) is 3. The summed E-state index contributed by atoms with van der Waals surface area (Å²) < 4.78 is 53.9. The summed E-state index contributed by atoms with van der Waals surface area (Å²) in [6.45, 7) is 11.6. The molecular formula is C29H44FN6O9P. The number of aliphatic hydroxyl groups is 1. The molecule has 6 atom stereocenters. The molecule has 3 rings (SSSR count). The standard InChI is InChI=1S/C29H44FN6O9P/c1-9-29(30)23(37)21(45-28(29)36-15-31-22-24(36)32-18(8)33-25(22)38)14-44-46(41,34-19(12-16(4)5)26(39)42-10-2)35-20(13-17(6)7)27(40)43-11-3/h1,15-17,19-21,23,28,37H,10-14H2,2-8H3,(H,32,33,38)(H2,34,35,41)/t19?,20?,21-,23?,28-,29+,46?/m1/s1. The Morgan fingerprint density at radius 2 is 1.72 bits per heavy atom. The molecule has 2 aromatic rings. The Bertz CT molecular complexity index is 1490. The van der Waals surface area contributed by atoms with Crippen molar-refractivity contribution in [3.05, 3.63) is 22.5 Å². The fraction of sp³-hybridized carbons (Fsp3) is 0.690. The molecule has 1 saturated heterocycles. The molecule has 0 radical (unpaired) electrons. The van der Waals surface area contributed by atoms with Gasteiger partial charge in [-0.2, -0.15) is 0 Å². The Morgan fingerprint density at radius 1 is 1.17 bits per heavy atom. The van der Waals surface area contributed by atoms with Gasteiger partial charge < -0.3 is 28.8 Å². The van der Waals surface area contributed by atoms with E-state index in [1.165, 1.54) is 6.92 Å². The minimum atomic E-state index is -4.40. The van der Waals surface area contributed by atoms with Crippen LogP contribution in [0.1, 0.15) is 66.4 Å². The molecule has 0 aromatic carbocycles. The van der Waals surface area contributed by atoms with Gasteiger partial charge in [0.15, 0.2) is 17.4 Å². The highest BCUT2D eigenvalue weighted by Crippen LogP contribution is 2.46. The maximum absolute atomic E-state index is 16.3. The van der Waals surface area contributed by atoms with Crippen molar-refractivity contribution in [3.8, 4) is 12.3 Å². The van der Waals surface area contributed by atoms with E-state index in [-0.39, 0.29) is 54.9 Å². The zero-order valence-electron chi connectivity index (χ0n) is 27.1. The number of nitrogens with zero attached hydrogens (tertiary/aromatic N) is 3. The molecule has 0 spiro atoms. The first-order valence-corrected chi connectivity index (χ1v) is 16.8. The average molecular weight is 671 g/mol. The van der Waals surface area contributed by atoms with Crippen LogP contribution in [0.15, 0.2) is 11.1 Å². The van der Waals surface area contributed by atoms with Crippen molar-refractivity contribution in [1.82, 2.24) is 29.7 Å². The number of hydrogen-bond acceptors (Lipinski definition) is 11. The van der Waals surface area contributed by atoms with E-state index in [0.29, 0.717) is 0 Å². The molecule has 46 heavy (non-hydrogen) atoms. The normalized spacial score (nSPS) is 24.1. The molecule has 0 bridgehead atoms. The highest BCUT2D eigenvalue weighted by Gasteiger charge is 2.58. The first-order chi connectivity index (χ1) is 21.6. The summed E-state index contributed by atoms with van der Waals surface area (Å²) in [5, 5.41) is 16.5. The van der Waals surface area contributed by atoms with Gasteiger partial charge in [0.25, 0.3) is 5.56 Å². The number of ether oxygens (including phenoxy) is 3. The van der Waals surface area contributed by atoms with Crippen molar-refractivity contribution < 1.29 is 42.4 Å². The van der Waals surface area contributed by atoms with Gasteiger partial charge in [0.05, 0.1) is 26.1 Å². The Morgan fingerprint density at radius 3 is 2.20 bits per heavy atom. The first-order valence-electron chi connectivity index (χ1n) is 15.2. The van der Waals surface area contributed by atoms with Gasteiger partial charge in [-0.25, -0.2) is 24.5 Å². The largest absolute Gasteiger partial charge is 0.465 e. The molecule has 17 heteroatoms. The van der Waals surface area contributed by atoms with Gasteiger partial charge in [-0.15, -0.1) is 6.42 Å². The maximum atomic E-state index is 16.3. The van der Waals surface area contributed by atoms with Crippen LogP contribution < -0.4 is 15.7 Å². The number of aromatic nitrogens is 4. The predicted molar refractivity (Wildman–Crippen MR) is 165 cm³/mol. The van der Waals surface area contributed by atoms with Crippen molar-refractivity contribution >= 4 is 30.8 Å². The molecule has 3 unspecified atom stereocenters. The number of carbonyl (C=O) groups excluding carboxylic acids is 2. The van der Waals surface area contributed by atoms with E-state index < -0.39 is 68.0 Å². The molecule has 1 aliphatic rings. The van der Waals surface area contributed by atoms with Crippen molar-refractivity contribution in [2.75, 3.05) is 19.8 Å². The van der Waals surface area contributed by atoms with Crippen LogP contribution in [-0.2, 0) is 32.9 Å². The van der Waals surface area contributed by atoms with E-state index in [1.807, 2.05) is 33.6 Å². The van der Waals surface area contributed by atoms with Crippen LogP contribution in [0.25, 0.3) is 11.2 Å². The smallest absolute Gasteiger partial charge is 0.342 e. The van der Waals surface area contributed by atoms with E-state index in [2.05, 4.69) is 25.1 Å². The Balaban J connectivity index is 1.97. The van der Waals surface area contributed by atoms with Gasteiger partial charge in [-0.3, -0.25) is 23.5 Å². The first kappa shape index (κ1) is 37.3. The van der Waals surface area contributed by atoms with E-state index in [0.717, 1.165) is 10.9 Å². The molecule has 0 saturated carbocycles. The summed E-state index contributed by atoms with van der Waals surface area (Å²) in [5.74, 6) is 0.652. The van der Waals surface area contributed by atoms with Crippen LogP contribution in [0, 0.1) is 31.1 Å². The average Bonchev–Trinajstić information content (AvgIpc) is 3.49. The summed E-state index contributed by atoms with van der Waals surface area (Å²) >= 11 is 0. The number of esters is 2. The number of carbonyl (C=O) groups is 2. The van der Waals surface area contributed by atoms with Crippen LogP contribution in [0.2, 0.25) is 0 Å². The minimum absolute atomic E-state index is 0.0387. The number of aromatic amines is 1. The van der Waals surface area contributed by atoms with Gasteiger partial charge in [-0.05, 0) is 45.4 Å². The number of aliphatic hydroxyl groups excluding tert-OH is 1. The zero-order chi connectivity index (χ0) is 34.4. The SMILES string of the molecule is C#C[C@]1(F)C(O)[C@@H](COP(=O)(NC(CC(C)C)C(=O)OCC)NC(CC(C)C)C(=O)OCC)O[C@H]1n1cnc2c(=O)[nH]c(C)nc21. The van der Waals surface area contributed by atoms with Crippen molar-refractivity contribution in [2.45, 2.75) is 97.5 Å². The molecule has 15 nitrogen and oxygen atoms in total. The van der Waals surface area contributed by atoms with E-state index in [1.54, 1.807) is 13.8 Å².